The Labute approximate surface area is 154 Å². The molecule has 2 aromatic carbocycles. The summed E-state index contributed by atoms with van der Waals surface area (Å²) < 4.78 is 43.4. The molecule has 0 radical (unpaired) electrons. The first kappa shape index (κ1) is 20.3. The topological polar surface area (TPSA) is 58.6 Å². The quantitative estimate of drug-likeness (QED) is 0.821. The van der Waals surface area contributed by atoms with Gasteiger partial charge in [0.2, 0.25) is 11.8 Å². The molecule has 144 valence electrons. The Morgan fingerprint density at radius 3 is 2.44 bits per heavy atom. The van der Waals surface area contributed by atoms with E-state index < -0.39 is 17.6 Å². The van der Waals surface area contributed by atoms with Gasteiger partial charge < -0.3 is 15.0 Å². The highest BCUT2D eigenvalue weighted by Crippen LogP contribution is 2.31. The van der Waals surface area contributed by atoms with Crippen LogP contribution >= 0.6 is 0 Å². The van der Waals surface area contributed by atoms with Crippen LogP contribution in [0.1, 0.15) is 18.9 Å². The van der Waals surface area contributed by atoms with Gasteiger partial charge in [-0.1, -0.05) is 18.2 Å². The Balaban J connectivity index is 2.06. The molecule has 0 bridgehead atoms. The average Bonchev–Trinajstić information content (AvgIpc) is 2.61. The number of benzene rings is 2. The maximum atomic E-state index is 12.7. The van der Waals surface area contributed by atoms with E-state index in [0.717, 1.165) is 12.1 Å². The largest absolute Gasteiger partial charge is 0.495 e. The van der Waals surface area contributed by atoms with E-state index in [1.165, 1.54) is 31.1 Å². The summed E-state index contributed by atoms with van der Waals surface area (Å²) in [5.74, 6) is -0.312. The fourth-order valence-electron chi connectivity index (χ4n) is 2.51. The number of halogens is 3. The molecule has 0 spiro atoms. The second kappa shape index (κ2) is 8.57. The fourth-order valence-corrected chi connectivity index (χ4v) is 2.51. The van der Waals surface area contributed by atoms with Gasteiger partial charge in [-0.2, -0.15) is 13.2 Å². The minimum absolute atomic E-state index is 0.0430. The number of methoxy groups -OCH3 is 1. The van der Waals surface area contributed by atoms with Gasteiger partial charge in [-0.25, -0.2) is 0 Å². The van der Waals surface area contributed by atoms with Crippen molar-refractivity contribution in [3.63, 3.8) is 0 Å². The summed E-state index contributed by atoms with van der Waals surface area (Å²) in [7, 11) is 1.47. The number of carbonyl (C=O) groups excluding carboxylic acids is 2. The van der Waals surface area contributed by atoms with Crippen molar-refractivity contribution in [2.24, 2.45) is 0 Å². The Hall–Kier alpha value is -3.03. The molecule has 0 aliphatic rings. The Kier molecular flexibility index (Phi) is 6.44. The molecule has 8 heteroatoms. The van der Waals surface area contributed by atoms with Crippen LogP contribution in [0, 0.1) is 0 Å². The van der Waals surface area contributed by atoms with Crippen molar-refractivity contribution in [1.29, 1.82) is 0 Å². The highest BCUT2D eigenvalue weighted by molar-refractivity contribution is 5.95. The molecule has 27 heavy (non-hydrogen) atoms. The zero-order chi connectivity index (χ0) is 20.0. The predicted molar refractivity (Wildman–Crippen MR) is 95.7 cm³/mol. The van der Waals surface area contributed by atoms with Crippen LogP contribution in [-0.4, -0.2) is 25.5 Å². The summed E-state index contributed by atoms with van der Waals surface area (Å²) >= 11 is 0. The van der Waals surface area contributed by atoms with E-state index in [2.05, 4.69) is 5.32 Å². The second-order valence-corrected chi connectivity index (χ2v) is 5.72. The molecule has 0 saturated carbocycles. The van der Waals surface area contributed by atoms with Crippen LogP contribution in [0.15, 0.2) is 48.5 Å². The lowest BCUT2D eigenvalue weighted by molar-refractivity contribution is -0.137. The van der Waals surface area contributed by atoms with Crippen molar-refractivity contribution < 1.29 is 27.5 Å². The standard InChI is InChI=1S/C19H19F3N2O3/c1-13(25)24(16-8-3-4-9-17(16)27-2)11-10-18(26)23-15-7-5-6-14(12-15)19(20,21)22/h3-9,12H,10-11H2,1-2H3,(H,23,26). The third-order valence-corrected chi connectivity index (χ3v) is 3.79. The Morgan fingerprint density at radius 2 is 1.81 bits per heavy atom. The highest BCUT2D eigenvalue weighted by Gasteiger charge is 2.30. The molecule has 0 unspecified atom stereocenters. The van der Waals surface area contributed by atoms with Crippen molar-refractivity contribution in [3.05, 3.63) is 54.1 Å². The van der Waals surface area contributed by atoms with E-state index in [1.807, 2.05) is 0 Å². The summed E-state index contributed by atoms with van der Waals surface area (Å²) in [5, 5.41) is 2.42. The van der Waals surface area contributed by atoms with Crippen LogP contribution < -0.4 is 15.0 Å². The number of alkyl halides is 3. The maximum Gasteiger partial charge on any atom is 0.416 e. The monoisotopic (exact) mass is 380 g/mol. The summed E-state index contributed by atoms with van der Waals surface area (Å²) in [6.45, 7) is 1.41. The van der Waals surface area contributed by atoms with E-state index in [1.54, 1.807) is 24.3 Å². The van der Waals surface area contributed by atoms with E-state index in [-0.39, 0.29) is 24.6 Å². The Bertz CT molecular complexity index is 822. The van der Waals surface area contributed by atoms with Crippen molar-refractivity contribution >= 4 is 23.2 Å². The lowest BCUT2D eigenvalue weighted by Crippen LogP contribution is -2.32. The van der Waals surface area contributed by atoms with Gasteiger partial charge in [0.25, 0.3) is 0 Å². The molecule has 0 atom stereocenters. The van der Waals surface area contributed by atoms with Gasteiger partial charge in [-0.05, 0) is 30.3 Å². The predicted octanol–water partition coefficient (Wildman–Crippen LogP) is 4.10. The van der Waals surface area contributed by atoms with Crippen LogP contribution in [0.2, 0.25) is 0 Å². The first-order valence-corrected chi connectivity index (χ1v) is 8.10. The average molecular weight is 380 g/mol. The van der Waals surface area contributed by atoms with Crippen molar-refractivity contribution in [1.82, 2.24) is 0 Å². The van der Waals surface area contributed by atoms with E-state index in [4.69, 9.17) is 4.74 Å². The smallest absolute Gasteiger partial charge is 0.416 e. The molecule has 2 aromatic rings. The van der Waals surface area contributed by atoms with Crippen LogP contribution in [0.5, 0.6) is 5.75 Å². The summed E-state index contributed by atoms with van der Waals surface area (Å²) in [6.07, 6.45) is -4.58. The van der Waals surface area contributed by atoms with E-state index >= 15 is 0 Å². The number of amides is 2. The molecular weight excluding hydrogens is 361 g/mol. The number of nitrogens with zero attached hydrogens (tertiary/aromatic N) is 1. The molecule has 2 amide bonds. The molecule has 0 saturated heterocycles. The molecule has 5 nitrogen and oxygen atoms in total. The zero-order valence-corrected chi connectivity index (χ0v) is 14.8. The normalized spacial score (nSPS) is 11.0. The number of anilines is 2. The van der Waals surface area contributed by atoms with Crippen LogP contribution in [0.3, 0.4) is 0 Å². The maximum absolute atomic E-state index is 12.7. The van der Waals surface area contributed by atoms with Crippen molar-refractivity contribution in [2.75, 3.05) is 23.9 Å². The molecular formula is C19H19F3N2O3. The third-order valence-electron chi connectivity index (χ3n) is 3.79. The second-order valence-electron chi connectivity index (χ2n) is 5.72. The van der Waals surface area contributed by atoms with Crippen LogP contribution in [-0.2, 0) is 15.8 Å². The number of nitrogens with one attached hydrogen (secondary N) is 1. The van der Waals surface area contributed by atoms with Gasteiger partial charge in [0.1, 0.15) is 5.75 Å². The number of hydrogen-bond acceptors (Lipinski definition) is 3. The minimum Gasteiger partial charge on any atom is -0.495 e. The SMILES string of the molecule is COc1ccccc1N(CCC(=O)Nc1cccc(C(F)(F)F)c1)C(C)=O. The van der Waals surface area contributed by atoms with E-state index in [0.29, 0.717) is 11.4 Å². The number of rotatable bonds is 6. The van der Waals surface area contributed by atoms with Gasteiger partial charge >= 0.3 is 6.18 Å². The lowest BCUT2D eigenvalue weighted by atomic mass is 10.2. The van der Waals surface area contributed by atoms with Gasteiger partial charge in [-0.15, -0.1) is 0 Å². The number of para-hydroxylation sites is 2. The molecule has 1 N–H and O–H groups in total. The van der Waals surface area contributed by atoms with Crippen molar-refractivity contribution in [2.45, 2.75) is 19.5 Å². The first-order valence-electron chi connectivity index (χ1n) is 8.10. The molecule has 0 heterocycles. The summed E-state index contributed by atoms with van der Waals surface area (Å²) in [5.41, 5.74) is -0.291. The molecule has 0 aliphatic heterocycles. The summed E-state index contributed by atoms with van der Waals surface area (Å²) in [6, 6.07) is 11.2. The Morgan fingerprint density at radius 1 is 1.11 bits per heavy atom. The number of ether oxygens (including phenoxy) is 1. The summed E-state index contributed by atoms with van der Waals surface area (Å²) in [4.78, 5) is 25.5. The third kappa shape index (κ3) is 5.47. The van der Waals surface area contributed by atoms with Crippen LogP contribution in [0.25, 0.3) is 0 Å². The first-order chi connectivity index (χ1) is 12.7. The molecule has 2 rings (SSSR count). The van der Waals surface area contributed by atoms with Gasteiger partial charge in [0.15, 0.2) is 0 Å². The fraction of sp³-hybridized carbons (Fsp3) is 0.263. The highest BCUT2D eigenvalue weighted by atomic mass is 19.4. The molecule has 0 aliphatic carbocycles. The van der Waals surface area contributed by atoms with Crippen LogP contribution in [0.4, 0.5) is 24.5 Å². The number of hydrogen-bond donors (Lipinski definition) is 1. The zero-order valence-electron chi connectivity index (χ0n) is 14.8. The number of carbonyl (C=O) groups is 2. The van der Waals surface area contributed by atoms with Gasteiger partial charge in [-0.3, -0.25) is 9.59 Å². The van der Waals surface area contributed by atoms with E-state index in [9.17, 15) is 22.8 Å². The molecule has 0 aromatic heterocycles. The minimum atomic E-state index is -4.49. The van der Waals surface area contributed by atoms with Crippen molar-refractivity contribution in [3.8, 4) is 5.75 Å². The molecule has 0 fully saturated rings. The lowest BCUT2D eigenvalue weighted by Gasteiger charge is -2.23. The van der Waals surface area contributed by atoms with Gasteiger partial charge in [0.05, 0.1) is 18.4 Å². The van der Waals surface area contributed by atoms with Gasteiger partial charge in [0, 0.05) is 25.6 Å².